The molecule has 0 aliphatic heterocycles. The molecule has 1 saturated carbocycles. The van der Waals surface area contributed by atoms with Gasteiger partial charge in [-0.05, 0) is 34.8 Å². The molecule has 0 saturated heterocycles. The molecule has 0 heterocycles. The van der Waals surface area contributed by atoms with Crippen molar-refractivity contribution in [3.8, 4) is 11.5 Å². The van der Waals surface area contributed by atoms with Crippen LogP contribution in [0.2, 0.25) is 0 Å². The van der Waals surface area contributed by atoms with E-state index in [9.17, 15) is 14.3 Å². The molecule has 0 aromatic heterocycles. The van der Waals surface area contributed by atoms with Gasteiger partial charge >= 0.3 is 5.97 Å². The molecule has 0 radical (unpaired) electrons. The summed E-state index contributed by atoms with van der Waals surface area (Å²) in [6, 6.07) is 1.25. The first-order valence-corrected chi connectivity index (χ1v) is 7.61. The van der Waals surface area contributed by atoms with Crippen LogP contribution in [-0.2, 0) is 10.2 Å². The first kappa shape index (κ1) is 16.1. The van der Waals surface area contributed by atoms with Gasteiger partial charge in [-0.2, -0.15) is 0 Å². The number of benzene rings is 1. The quantitative estimate of drug-likeness (QED) is 0.884. The summed E-state index contributed by atoms with van der Waals surface area (Å²) in [7, 11) is 2.84. The summed E-state index contributed by atoms with van der Waals surface area (Å²) in [5.41, 5.74) is -1.15. The monoisotopic (exact) mass is 360 g/mol. The van der Waals surface area contributed by atoms with Crippen molar-refractivity contribution in [2.45, 2.75) is 37.5 Å². The zero-order valence-corrected chi connectivity index (χ0v) is 13.6. The lowest BCUT2D eigenvalue weighted by Gasteiger charge is -2.35. The van der Waals surface area contributed by atoms with Gasteiger partial charge in [-0.25, -0.2) is 4.39 Å². The summed E-state index contributed by atoms with van der Waals surface area (Å²) in [6.45, 7) is 0. The minimum Gasteiger partial charge on any atom is -0.492 e. The Bertz CT molecular complexity index is 553. The van der Waals surface area contributed by atoms with E-state index in [-0.39, 0.29) is 11.3 Å². The number of methoxy groups -OCH3 is 2. The fraction of sp³-hybridized carbons (Fsp3) is 0.533. The maximum Gasteiger partial charge on any atom is 0.314 e. The maximum atomic E-state index is 14.6. The smallest absolute Gasteiger partial charge is 0.314 e. The summed E-state index contributed by atoms with van der Waals surface area (Å²) in [4.78, 5) is 11.9. The Morgan fingerprint density at radius 2 is 1.81 bits per heavy atom. The second-order valence-corrected chi connectivity index (χ2v) is 6.08. The molecule has 21 heavy (non-hydrogen) atoms. The van der Waals surface area contributed by atoms with Crippen molar-refractivity contribution < 1.29 is 23.8 Å². The molecule has 4 nitrogen and oxygen atoms in total. The number of hydrogen-bond acceptors (Lipinski definition) is 3. The molecule has 0 unspecified atom stereocenters. The van der Waals surface area contributed by atoms with Crippen molar-refractivity contribution in [2.24, 2.45) is 0 Å². The standard InChI is InChI=1S/C15H18BrFO4/c1-20-12-9(16)8-10(17)11(13(12)21-2)15(14(18)19)6-4-3-5-7-15/h8H,3-7H2,1-2H3,(H,18,19). The third-order valence-corrected chi connectivity index (χ3v) is 4.73. The SMILES string of the molecule is COc1c(Br)cc(F)c(C2(C(=O)O)CCCCC2)c1OC. The van der Waals surface area contributed by atoms with Gasteiger partial charge in [0.1, 0.15) is 5.82 Å². The van der Waals surface area contributed by atoms with Gasteiger partial charge in [0.2, 0.25) is 0 Å². The average Bonchev–Trinajstić information content (AvgIpc) is 2.46. The van der Waals surface area contributed by atoms with E-state index in [0.29, 0.717) is 23.1 Å². The Kier molecular flexibility index (Phi) is 4.76. The number of halogens is 2. The number of ether oxygens (including phenoxy) is 2. The average molecular weight is 361 g/mol. The number of carboxylic acids is 1. The van der Waals surface area contributed by atoms with E-state index >= 15 is 0 Å². The number of aliphatic carboxylic acids is 1. The maximum absolute atomic E-state index is 14.6. The normalized spacial score (nSPS) is 17.3. The van der Waals surface area contributed by atoms with Crippen molar-refractivity contribution >= 4 is 21.9 Å². The molecule has 116 valence electrons. The van der Waals surface area contributed by atoms with Crippen molar-refractivity contribution in [2.75, 3.05) is 14.2 Å². The molecular weight excluding hydrogens is 343 g/mol. The van der Waals surface area contributed by atoms with Gasteiger partial charge in [-0.1, -0.05) is 19.3 Å². The fourth-order valence-electron chi connectivity index (χ4n) is 3.14. The largest absolute Gasteiger partial charge is 0.492 e. The van der Waals surface area contributed by atoms with Crippen molar-refractivity contribution in [1.82, 2.24) is 0 Å². The van der Waals surface area contributed by atoms with E-state index in [0.717, 1.165) is 19.3 Å². The second-order valence-electron chi connectivity index (χ2n) is 5.23. The lowest BCUT2D eigenvalue weighted by molar-refractivity contribution is -0.145. The summed E-state index contributed by atoms with van der Waals surface area (Å²) >= 11 is 3.22. The van der Waals surface area contributed by atoms with Crippen LogP contribution in [0.5, 0.6) is 11.5 Å². The van der Waals surface area contributed by atoms with E-state index in [1.807, 2.05) is 0 Å². The van der Waals surface area contributed by atoms with Crippen LogP contribution in [0, 0.1) is 5.82 Å². The first-order valence-electron chi connectivity index (χ1n) is 6.81. The molecule has 0 spiro atoms. The number of hydrogen-bond donors (Lipinski definition) is 1. The summed E-state index contributed by atoms with van der Waals surface area (Å²) in [5.74, 6) is -1.11. The van der Waals surface area contributed by atoms with Gasteiger partial charge in [0.05, 0.1) is 29.7 Å². The molecule has 1 fully saturated rings. The molecule has 1 aromatic carbocycles. The highest BCUT2D eigenvalue weighted by Gasteiger charge is 2.46. The molecule has 0 atom stereocenters. The van der Waals surface area contributed by atoms with Gasteiger partial charge in [-0.3, -0.25) is 4.79 Å². The molecule has 0 bridgehead atoms. The predicted octanol–water partition coefficient (Wildman–Crippen LogP) is 3.89. The van der Waals surface area contributed by atoms with Crippen LogP contribution in [0.25, 0.3) is 0 Å². The van der Waals surface area contributed by atoms with E-state index in [1.165, 1.54) is 20.3 Å². The van der Waals surface area contributed by atoms with E-state index in [2.05, 4.69) is 15.9 Å². The molecule has 1 aliphatic rings. The van der Waals surface area contributed by atoms with E-state index < -0.39 is 17.2 Å². The highest BCUT2D eigenvalue weighted by atomic mass is 79.9. The Hall–Kier alpha value is -1.30. The summed E-state index contributed by atoms with van der Waals surface area (Å²) < 4.78 is 25.5. The highest BCUT2D eigenvalue weighted by molar-refractivity contribution is 9.10. The summed E-state index contributed by atoms with van der Waals surface area (Å²) in [5, 5.41) is 9.74. The van der Waals surface area contributed by atoms with Crippen LogP contribution in [0.3, 0.4) is 0 Å². The van der Waals surface area contributed by atoms with Crippen molar-refractivity contribution in [1.29, 1.82) is 0 Å². The third-order valence-electron chi connectivity index (χ3n) is 4.15. The van der Waals surface area contributed by atoms with Crippen molar-refractivity contribution in [3.05, 3.63) is 21.9 Å². The lowest BCUT2D eigenvalue weighted by atomic mass is 9.69. The van der Waals surface area contributed by atoms with Gasteiger partial charge in [0.25, 0.3) is 0 Å². The molecule has 1 aliphatic carbocycles. The van der Waals surface area contributed by atoms with Crippen LogP contribution in [-0.4, -0.2) is 25.3 Å². The number of carbonyl (C=O) groups is 1. The minimum atomic E-state index is -1.25. The number of rotatable bonds is 4. The Morgan fingerprint density at radius 3 is 2.29 bits per heavy atom. The summed E-state index contributed by atoms with van der Waals surface area (Å²) in [6.07, 6.45) is 3.29. The van der Waals surface area contributed by atoms with Crippen molar-refractivity contribution in [3.63, 3.8) is 0 Å². The highest BCUT2D eigenvalue weighted by Crippen LogP contribution is 2.50. The van der Waals surface area contributed by atoms with Gasteiger partial charge < -0.3 is 14.6 Å². The second kappa shape index (κ2) is 6.22. The fourth-order valence-corrected chi connectivity index (χ4v) is 3.68. The molecule has 6 heteroatoms. The van der Waals surface area contributed by atoms with Gasteiger partial charge in [-0.15, -0.1) is 0 Å². The Morgan fingerprint density at radius 1 is 1.24 bits per heavy atom. The number of carboxylic acid groups (broad SMARTS) is 1. The van der Waals surface area contributed by atoms with Crippen LogP contribution in [0.15, 0.2) is 10.5 Å². The topological polar surface area (TPSA) is 55.8 Å². The molecule has 2 rings (SSSR count). The van der Waals surface area contributed by atoms with Crippen LogP contribution >= 0.6 is 15.9 Å². The third kappa shape index (κ3) is 2.61. The Labute approximate surface area is 131 Å². The van der Waals surface area contributed by atoms with Gasteiger partial charge in [0.15, 0.2) is 11.5 Å². The van der Waals surface area contributed by atoms with Gasteiger partial charge in [0, 0.05) is 0 Å². The predicted molar refractivity (Wildman–Crippen MR) is 79.6 cm³/mol. The van der Waals surface area contributed by atoms with Crippen LogP contribution < -0.4 is 9.47 Å². The molecule has 0 amide bonds. The first-order chi connectivity index (χ1) is 9.97. The van der Waals surface area contributed by atoms with E-state index in [4.69, 9.17) is 9.47 Å². The Balaban J connectivity index is 2.73. The zero-order valence-electron chi connectivity index (χ0n) is 12.0. The molecule has 1 N–H and O–H groups in total. The minimum absolute atomic E-state index is 0.0947. The molecular formula is C15H18BrFO4. The van der Waals surface area contributed by atoms with E-state index in [1.54, 1.807) is 0 Å². The lowest BCUT2D eigenvalue weighted by Crippen LogP contribution is -2.39. The van der Waals surface area contributed by atoms with Crippen LogP contribution in [0.1, 0.15) is 37.7 Å². The van der Waals surface area contributed by atoms with Crippen LogP contribution in [0.4, 0.5) is 4.39 Å². The molecule has 1 aromatic rings. The zero-order chi connectivity index (χ0) is 15.6.